The van der Waals surface area contributed by atoms with E-state index >= 15 is 0 Å². The number of hydrogen-bond acceptors (Lipinski definition) is 5. The number of methoxy groups -OCH3 is 1. The van der Waals surface area contributed by atoms with Crippen LogP contribution in [0.25, 0.3) is 0 Å². The van der Waals surface area contributed by atoms with E-state index in [9.17, 15) is 0 Å². The largest absolute Gasteiger partial charge is 0.383 e. The summed E-state index contributed by atoms with van der Waals surface area (Å²) in [5, 5.41) is 9.82. The number of aliphatic imine (C=N–C) groups is 1. The molecule has 0 aliphatic carbocycles. The molecule has 0 aromatic carbocycles. The van der Waals surface area contributed by atoms with Gasteiger partial charge in [0.25, 0.3) is 0 Å². The van der Waals surface area contributed by atoms with Crippen molar-refractivity contribution in [3.05, 3.63) is 16.1 Å². The molecule has 0 aliphatic rings. The minimum absolute atomic E-state index is 0.477. The van der Waals surface area contributed by atoms with Crippen molar-refractivity contribution in [3.63, 3.8) is 0 Å². The van der Waals surface area contributed by atoms with E-state index in [4.69, 9.17) is 4.74 Å². The van der Waals surface area contributed by atoms with Crippen molar-refractivity contribution < 1.29 is 4.74 Å². The van der Waals surface area contributed by atoms with Crippen molar-refractivity contribution in [3.8, 4) is 0 Å². The summed E-state index contributed by atoms with van der Waals surface area (Å²) in [6.07, 6.45) is 0. The molecule has 0 unspecified atom stereocenters. The molecule has 2 N–H and O–H groups in total. The lowest BCUT2D eigenvalue weighted by molar-refractivity contribution is 0.162. The van der Waals surface area contributed by atoms with Crippen molar-refractivity contribution in [2.75, 3.05) is 47.4 Å². The normalized spacial score (nSPS) is 12.2. The number of hydrogen-bond donors (Lipinski definition) is 2. The van der Waals surface area contributed by atoms with Gasteiger partial charge in [0.05, 0.1) is 18.8 Å². The monoisotopic (exact) mass is 327 g/mol. The van der Waals surface area contributed by atoms with Crippen LogP contribution >= 0.6 is 11.3 Å². The van der Waals surface area contributed by atoms with E-state index in [-0.39, 0.29) is 0 Å². The Morgan fingerprint density at radius 2 is 2.18 bits per heavy atom. The van der Waals surface area contributed by atoms with E-state index in [0.717, 1.165) is 42.9 Å². The second-order valence-corrected chi connectivity index (χ2v) is 6.41. The fourth-order valence-corrected chi connectivity index (χ4v) is 2.67. The van der Waals surface area contributed by atoms with Crippen LogP contribution in [0.3, 0.4) is 0 Å². The maximum Gasteiger partial charge on any atom is 0.191 e. The first kappa shape index (κ1) is 18.9. The third-order valence-corrected chi connectivity index (χ3v) is 4.12. The van der Waals surface area contributed by atoms with Gasteiger partial charge >= 0.3 is 0 Å². The lowest BCUT2D eigenvalue weighted by Gasteiger charge is -2.17. The maximum atomic E-state index is 5.06. The van der Waals surface area contributed by atoms with E-state index < -0.39 is 0 Å². The molecule has 1 heterocycles. The fraction of sp³-hybridized carbons (Fsp3) is 0.733. The van der Waals surface area contributed by atoms with Crippen LogP contribution in [0.5, 0.6) is 0 Å². The van der Waals surface area contributed by atoms with E-state index in [1.807, 2.05) is 0 Å². The molecule has 0 saturated carbocycles. The maximum absolute atomic E-state index is 5.06. The van der Waals surface area contributed by atoms with E-state index in [0.29, 0.717) is 12.5 Å². The topological polar surface area (TPSA) is 61.8 Å². The van der Waals surface area contributed by atoms with Crippen molar-refractivity contribution in [1.29, 1.82) is 0 Å². The average molecular weight is 327 g/mol. The Hall–Kier alpha value is -1.18. The number of guanidine groups is 1. The standard InChI is InChI=1S/C15H29N5OS/c1-12(2)13-11-22-14(19-13)10-18-15(16-3)17-6-7-20(4)8-9-21-5/h11-12H,6-10H2,1-5H3,(H2,16,17,18). The van der Waals surface area contributed by atoms with Crippen LogP contribution in [0.4, 0.5) is 0 Å². The van der Waals surface area contributed by atoms with Gasteiger partial charge in [-0.05, 0) is 13.0 Å². The zero-order valence-electron chi connectivity index (χ0n) is 14.3. The highest BCUT2D eigenvalue weighted by molar-refractivity contribution is 7.09. The van der Waals surface area contributed by atoms with Gasteiger partial charge in [0.1, 0.15) is 5.01 Å². The molecule has 6 nitrogen and oxygen atoms in total. The van der Waals surface area contributed by atoms with Gasteiger partial charge < -0.3 is 20.3 Å². The van der Waals surface area contributed by atoms with Crippen LogP contribution < -0.4 is 10.6 Å². The summed E-state index contributed by atoms with van der Waals surface area (Å²) in [5.74, 6) is 1.28. The number of nitrogens with one attached hydrogen (secondary N) is 2. The Bertz CT molecular complexity index is 447. The molecule has 0 fully saturated rings. The number of nitrogens with zero attached hydrogens (tertiary/aromatic N) is 3. The number of ether oxygens (including phenoxy) is 1. The molecule has 0 spiro atoms. The first-order valence-electron chi connectivity index (χ1n) is 7.63. The number of aromatic nitrogens is 1. The summed E-state index contributed by atoms with van der Waals surface area (Å²) in [7, 11) is 5.59. The van der Waals surface area contributed by atoms with Crippen LogP contribution in [0.15, 0.2) is 10.4 Å². The smallest absolute Gasteiger partial charge is 0.191 e. The molecule has 126 valence electrons. The van der Waals surface area contributed by atoms with E-state index in [1.54, 1.807) is 25.5 Å². The molecule has 1 aromatic heterocycles. The molecule has 7 heteroatoms. The summed E-state index contributed by atoms with van der Waals surface area (Å²) in [6.45, 7) is 8.50. The first-order valence-corrected chi connectivity index (χ1v) is 8.51. The highest BCUT2D eigenvalue weighted by atomic mass is 32.1. The summed E-state index contributed by atoms with van der Waals surface area (Å²) in [5.41, 5.74) is 1.16. The van der Waals surface area contributed by atoms with Crippen LogP contribution in [-0.4, -0.2) is 63.3 Å². The third-order valence-electron chi connectivity index (χ3n) is 3.25. The zero-order chi connectivity index (χ0) is 16.4. The summed E-state index contributed by atoms with van der Waals surface area (Å²) < 4.78 is 5.06. The zero-order valence-corrected chi connectivity index (χ0v) is 15.2. The Kier molecular flexibility index (Phi) is 9.03. The first-order chi connectivity index (χ1) is 10.6. The lowest BCUT2D eigenvalue weighted by atomic mass is 10.2. The summed E-state index contributed by atoms with van der Waals surface area (Å²) in [6, 6.07) is 0. The van der Waals surface area contributed by atoms with Crippen molar-refractivity contribution >= 4 is 17.3 Å². The Morgan fingerprint density at radius 1 is 1.41 bits per heavy atom. The number of rotatable bonds is 9. The Balaban J connectivity index is 2.27. The quantitative estimate of drug-likeness (QED) is 0.532. The van der Waals surface area contributed by atoms with Gasteiger partial charge in [0, 0.05) is 39.2 Å². The van der Waals surface area contributed by atoms with Gasteiger partial charge in [-0.3, -0.25) is 4.99 Å². The van der Waals surface area contributed by atoms with Gasteiger partial charge in [-0.2, -0.15) is 0 Å². The molecular weight excluding hydrogens is 298 g/mol. The van der Waals surface area contributed by atoms with Gasteiger partial charge in [-0.1, -0.05) is 13.8 Å². The van der Waals surface area contributed by atoms with Crippen LogP contribution in [0, 0.1) is 0 Å². The predicted molar refractivity (Wildman–Crippen MR) is 93.8 cm³/mol. The number of thiazole rings is 1. The molecule has 0 radical (unpaired) electrons. The van der Waals surface area contributed by atoms with Crippen molar-refractivity contribution in [1.82, 2.24) is 20.5 Å². The Morgan fingerprint density at radius 3 is 2.77 bits per heavy atom. The molecule has 1 rings (SSSR count). The van der Waals surface area contributed by atoms with Gasteiger partial charge in [0.2, 0.25) is 0 Å². The minimum Gasteiger partial charge on any atom is -0.383 e. The molecule has 0 bridgehead atoms. The lowest BCUT2D eigenvalue weighted by Crippen LogP contribution is -2.41. The average Bonchev–Trinajstić information content (AvgIpc) is 2.97. The van der Waals surface area contributed by atoms with Gasteiger partial charge in [-0.25, -0.2) is 4.98 Å². The summed E-state index contributed by atoms with van der Waals surface area (Å²) >= 11 is 1.69. The second kappa shape index (κ2) is 10.5. The number of likely N-dealkylation sites (N-methyl/N-ethyl adjacent to an activating group) is 1. The highest BCUT2D eigenvalue weighted by Crippen LogP contribution is 2.17. The van der Waals surface area contributed by atoms with E-state index in [1.165, 1.54) is 0 Å². The molecule has 1 aromatic rings. The van der Waals surface area contributed by atoms with Gasteiger partial charge in [-0.15, -0.1) is 11.3 Å². The van der Waals surface area contributed by atoms with Crippen LogP contribution in [0.1, 0.15) is 30.5 Å². The third kappa shape index (κ3) is 7.20. The van der Waals surface area contributed by atoms with Crippen LogP contribution in [0.2, 0.25) is 0 Å². The van der Waals surface area contributed by atoms with Crippen molar-refractivity contribution in [2.45, 2.75) is 26.3 Å². The molecular formula is C15H29N5OS. The Labute approximate surface area is 138 Å². The molecule has 22 heavy (non-hydrogen) atoms. The summed E-state index contributed by atoms with van der Waals surface area (Å²) in [4.78, 5) is 11.1. The fourth-order valence-electron chi connectivity index (χ4n) is 1.78. The van der Waals surface area contributed by atoms with Crippen molar-refractivity contribution in [2.24, 2.45) is 4.99 Å². The second-order valence-electron chi connectivity index (χ2n) is 5.47. The highest BCUT2D eigenvalue weighted by Gasteiger charge is 2.06. The molecule has 0 aliphatic heterocycles. The SMILES string of the molecule is CN=C(NCCN(C)CCOC)NCc1nc(C(C)C)cs1. The van der Waals surface area contributed by atoms with Crippen LogP contribution in [-0.2, 0) is 11.3 Å². The molecule has 0 amide bonds. The molecule has 0 atom stereocenters. The van der Waals surface area contributed by atoms with E-state index in [2.05, 4.69) is 51.8 Å². The minimum atomic E-state index is 0.477. The predicted octanol–water partition coefficient (Wildman–Crippen LogP) is 1.51. The van der Waals surface area contributed by atoms with Gasteiger partial charge in [0.15, 0.2) is 5.96 Å². The molecule has 0 saturated heterocycles.